The van der Waals surface area contributed by atoms with Crippen molar-refractivity contribution in [3.8, 4) is 0 Å². The summed E-state index contributed by atoms with van der Waals surface area (Å²) in [6.07, 6.45) is 2.04. The predicted octanol–water partition coefficient (Wildman–Crippen LogP) is 1.77. The first-order valence-corrected chi connectivity index (χ1v) is 7.46. The second-order valence-electron chi connectivity index (χ2n) is 4.35. The quantitative estimate of drug-likeness (QED) is 0.667. The molecule has 6 nitrogen and oxygen atoms in total. The van der Waals surface area contributed by atoms with E-state index in [0.29, 0.717) is 35.7 Å². The highest BCUT2D eigenvalue weighted by Crippen LogP contribution is 2.08. The standard InChI is InChI=1S/C14H17N3O3S.ClH/c15-8-11-7-10(9-20-11)13(18)16-4-2-5-17-14(19)12-3-1-6-21-12;/h1,3,6-7,9H,2,4-5,8,15H2,(H,16,18)(H,17,19);1H. The van der Waals surface area contributed by atoms with Crippen LogP contribution in [0.1, 0.15) is 32.2 Å². The van der Waals surface area contributed by atoms with E-state index < -0.39 is 0 Å². The molecule has 2 aromatic heterocycles. The molecule has 2 heterocycles. The molecule has 0 atom stereocenters. The Morgan fingerprint density at radius 3 is 2.55 bits per heavy atom. The molecule has 0 aromatic carbocycles. The fraction of sp³-hybridized carbons (Fsp3) is 0.286. The molecule has 0 fully saturated rings. The van der Waals surface area contributed by atoms with Gasteiger partial charge in [0.25, 0.3) is 11.8 Å². The summed E-state index contributed by atoms with van der Waals surface area (Å²) >= 11 is 1.40. The summed E-state index contributed by atoms with van der Waals surface area (Å²) in [7, 11) is 0. The Morgan fingerprint density at radius 2 is 1.95 bits per heavy atom. The number of nitrogens with one attached hydrogen (secondary N) is 2. The maximum absolute atomic E-state index is 11.8. The van der Waals surface area contributed by atoms with Crippen LogP contribution >= 0.6 is 23.7 Å². The van der Waals surface area contributed by atoms with Crippen LogP contribution in [0, 0.1) is 0 Å². The first kappa shape index (κ1) is 18.2. The van der Waals surface area contributed by atoms with E-state index in [2.05, 4.69) is 10.6 Å². The highest BCUT2D eigenvalue weighted by molar-refractivity contribution is 7.12. The van der Waals surface area contributed by atoms with Crippen molar-refractivity contribution >= 4 is 35.6 Å². The van der Waals surface area contributed by atoms with Gasteiger partial charge in [0.1, 0.15) is 12.0 Å². The molecule has 0 spiro atoms. The molecule has 2 rings (SSSR count). The number of furan rings is 1. The van der Waals surface area contributed by atoms with Gasteiger partial charge in [0.05, 0.1) is 17.0 Å². The number of halogens is 1. The van der Waals surface area contributed by atoms with Crippen molar-refractivity contribution in [1.82, 2.24) is 10.6 Å². The minimum atomic E-state index is -0.206. The smallest absolute Gasteiger partial charge is 0.261 e. The molecule has 0 unspecified atom stereocenters. The van der Waals surface area contributed by atoms with E-state index in [-0.39, 0.29) is 30.8 Å². The molecule has 2 aromatic rings. The molecular formula is C14H18ClN3O3S. The van der Waals surface area contributed by atoms with Gasteiger partial charge in [0.2, 0.25) is 0 Å². The third kappa shape index (κ3) is 5.18. The van der Waals surface area contributed by atoms with E-state index in [1.807, 2.05) is 11.4 Å². The summed E-state index contributed by atoms with van der Waals surface area (Å²) in [5.41, 5.74) is 5.86. The Labute approximate surface area is 138 Å². The number of rotatable bonds is 7. The lowest BCUT2D eigenvalue weighted by Crippen LogP contribution is -2.29. The number of nitrogens with two attached hydrogens (primary N) is 1. The summed E-state index contributed by atoms with van der Waals surface area (Å²) in [6, 6.07) is 5.23. The first-order chi connectivity index (χ1) is 10.2. The zero-order valence-electron chi connectivity index (χ0n) is 11.8. The van der Waals surface area contributed by atoms with Gasteiger partial charge in [-0.1, -0.05) is 6.07 Å². The van der Waals surface area contributed by atoms with E-state index in [1.54, 1.807) is 12.1 Å². The van der Waals surface area contributed by atoms with Gasteiger partial charge >= 0.3 is 0 Å². The van der Waals surface area contributed by atoms with Crippen LogP contribution in [-0.2, 0) is 6.54 Å². The highest BCUT2D eigenvalue weighted by Gasteiger charge is 2.09. The molecule has 0 saturated heterocycles. The van der Waals surface area contributed by atoms with E-state index in [9.17, 15) is 9.59 Å². The maximum atomic E-state index is 11.8. The van der Waals surface area contributed by atoms with E-state index in [0.717, 1.165) is 0 Å². The van der Waals surface area contributed by atoms with Crippen LogP contribution < -0.4 is 16.4 Å². The fourth-order valence-corrected chi connectivity index (χ4v) is 2.34. The van der Waals surface area contributed by atoms with Crippen molar-refractivity contribution in [2.24, 2.45) is 5.73 Å². The monoisotopic (exact) mass is 343 g/mol. The van der Waals surface area contributed by atoms with Crippen LogP contribution in [0.25, 0.3) is 0 Å². The molecule has 120 valence electrons. The van der Waals surface area contributed by atoms with Crippen molar-refractivity contribution in [2.75, 3.05) is 13.1 Å². The van der Waals surface area contributed by atoms with Crippen molar-refractivity contribution < 1.29 is 14.0 Å². The second kappa shape index (κ2) is 9.24. The van der Waals surface area contributed by atoms with Crippen LogP contribution in [0.5, 0.6) is 0 Å². The number of carbonyl (C=O) groups excluding carboxylic acids is 2. The zero-order valence-corrected chi connectivity index (χ0v) is 13.5. The molecule has 2 amide bonds. The van der Waals surface area contributed by atoms with Gasteiger partial charge in [-0.15, -0.1) is 23.7 Å². The topological polar surface area (TPSA) is 97.4 Å². The zero-order chi connectivity index (χ0) is 15.1. The van der Waals surface area contributed by atoms with Gasteiger partial charge in [-0.3, -0.25) is 9.59 Å². The minimum Gasteiger partial charge on any atom is -0.467 e. The maximum Gasteiger partial charge on any atom is 0.261 e. The molecule has 0 saturated carbocycles. The van der Waals surface area contributed by atoms with Gasteiger partial charge in [-0.25, -0.2) is 0 Å². The van der Waals surface area contributed by atoms with Crippen LogP contribution in [0.2, 0.25) is 0 Å². The van der Waals surface area contributed by atoms with Gasteiger partial charge in [-0.2, -0.15) is 0 Å². The van der Waals surface area contributed by atoms with Crippen molar-refractivity contribution in [2.45, 2.75) is 13.0 Å². The number of amides is 2. The largest absolute Gasteiger partial charge is 0.467 e. The average Bonchev–Trinajstić information content (AvgIpc) is 3.17. The molecule has 22 heavy (non-hydrogen) atoms. The second-order valence-corrected chi connectivity index (χ2v) is 5.30. The SMILES string of the molecule is Cl.NCc1cc(C(=O)NCCCNC(=O)c2cccs2)co1. The van der Waals surface area contributed by atoms with Gasteiger partial charge in [0, 0.05) is 13.1 Å². The van der Waals surface area contributed by atoms with Gasteiger partial charge < -0.3 is 20.8 Å². The lowest BCUT2D eigenvalue weighted by atomic mass is 10.3. The third-order valence-electron chi connectivity index (χ3n) is 2.79. The summed E-state index contributed by atoms with van der Waals surface area (Å²) in [4.78, 5) is 24.1. The summed E-state index contributed by atoms with van der Waals surface area (Å²) < 4.78 is 5.09. The Kier molecular flexibility index (Phi) is 7.65. The van der Waals surface area contributed by atoms with Crippen molar-refractivity contribution in [3.63, 3.8) is 0 Å². The van der Waals surface area contributed by atoms with Crippen LogP contribution in [0.15, 0.2) is 34.3 Å². The van der Waals surface area contributed by atoms with E-state index >= 15 is 0 Å². The molecular weight excluding hydrogens is 326 g/mol. The molecule has 0 aliphatic rings. The lowest BCUT2D eigenvalue weighted by Gasteiger charge is -2.05. The minimum absolute atomic E-state index is 0. The van der Waals surface area contributed by atoms with E-state index in [4.69, 9.17) is 10.2 Å². The van der Waals surface area contributed by atoms with Crippen LogP contribution in [0.3, 0.4) is 0 Å². The number of carbonyl (C=O) groups is 2. The fourth-order valence-electron chi connectivity index (χ4n) is 1.70. The lowest BCUT2D eigenvalue weighted by molar-refractivity contribution is 0.0952. The molecule has 0 radical (unpaired) electrons. The molecule has 8 heteroatoms. The summed E-state index contributed by atoms with van der Waals surface area (Å²) in [6.45, 7) is 1.26. The highest BCUT2D eigenvalue weighted by atomic mass is 35.5. The Balaban J connectivity index is 0.00000242. The van der Waals surface area contributed by atoms with Crippen molar-refractivity contribution in [1.29, 1.82) is 0 Å². The Morgan fingerprint density at radius 1 is 1.23 bits per heavy atom. The number of thiophene rings is 1. The third-order valence-corrected chi connectivity index (χ3v) is 3.66. The number of hydrogen-bond acceptors (Lipinski definition) is 5. The normalized spacial score (nSPS) is 9.86. The Hall–Kier alpha value is -1.83. The summed E-state index contributed by atoms with van der Waals surface area (Å²) in [5.74, 6) is 0.283. The molecule has 0 aliphatic heterocycles. The van der Waals surface area contributed by atoms with Crippen LogP contribution in [-0.4, -0.2) is 24.9 Å². The predicted molar refractivity (Wildman–Crippen MR) is 87.4 cm³/mol. The Bertz CT molecular complexity index is 598. The van der Waals surface area contributed by atoms with Crippen molar-refractivity contribution in [3.05, 3.63) is 46.0 Å². The molecule has 4 N–H and O–H groups in total. The first-order valence-electron chi connectivity index (χ1n) is 6.58. The molecule has 0 aliphatic carbocycles. The number of hydrogen-bond donors (Lipinski definition) is 3. The summed E-state index contributed by atoms with van der Waals surface area (Å²) in [5, 5.41) is 7.41. The average molecular weight is 344 g/mol. The molecule has 0 bridgehead atoms. The van der Waals surface area contributed by atoms with Crippen LogP contribution in [0.4, 0.5) is 0 Å². The van der Waals surface area contributed by atoms with Gasteiger partial charge in [0.15, 0.2) is 0 Å². The van der Waals surface area contributed by atoms with Gasteiger partial charge in [-0.05, 0) is 23.9 Å². The van der Waals surface area contributed by atoms with E-state index in [1.165, 1.54) is 17.6 Å².